The van der Waals surface area contributed by atoms with Crippen LogP contribution in [-0.4, -0.2) is 44.0 Å². The Kier molecular flexibility index (Phi) is 6.64. The number of pyridine rings is 1. The Morgan fingerprint density at radius 1 is 0.889 bits per heavy atom. The summed E-state index contributed by atoms with van der Waals surface area (Å²) in [7, 11) is -2.77. The standard InChI is InChI=1S/C29H34FNO4Si/c1-28(2,3)36(20-13-8-6-9-14-20,21-15-10-7-11-16-21)32-19-23-25-26(35-29(4,5)34-25)24(33-23)22-17-12-18-31-27(22)30/h6-18,23-26H,19H2,1-5H3/t23-,24+,25-,26+/m1/s1. The molecule has 2 saturated heterocycles. The Hall–Kier alpha value is -2.42. The summed E-state index contributed by atoms with van der Waals surface area (Å²) in [6, 6.07) is 24.4. The third-order valence-electron chi connectivity index (χ3n) is 7.13. The predicted molar refractivity (Wildman–Crippen MR) is 139 cm³/mol. The summed E-state index contributed by atoms with van der Waals surface area (Å²) in [5.41, 5.74) is 0.377. The number of rotatable bonds is 6. The van der Waals surface area contributed by atoms with Gasteiger partial charge in [-0.1, -0.05) is 87.5 Å². The molecule has 36 heavy (non-hydrogen) atoms. The van der Waals surface area contributed by atoms with Crippen LogP contribution in [0.4, 0.5) is 4.39 Å². The average molecular weight is 508 g/mol. The van der Waals surface area contributed by atoms with Crippen molar-refractivity contribution in [2.75, 3.05) is 6.61 Å². The molecule has 2 fully saturated rings. The summed E-state index contributed by atoms with van der Waals surface area (Å²) in [5, 5.41) is 2.21. The molecule has 0 radical (unpaired) electrons. The molecule has 7 heteroatoms. The molecule has 0 spiro atoms. The van der Waals surface area contributed by atoms with Gasteiger partial charge in [0.1, 0.15) is 24.4 Å². The molecule has 2 aliphatic heterocycles. The lowest BCUT2D eigenvalue weighted by atomic mass is 10.0. The van der Waals surface area contributed by atoms with Crippen molar-refractivity contribution in [3.63, 3.8) is 0 Å². The number of ether oxygens (including phenoxy) is 3. The lowest BCUT2D eigenvalue weighted by Gasteiger charge is -2.43. The first-order chi connectivity index (χ1) is 17.1. The molecule has 0 aliphatic carbocycles. The van der Waals surface area contributed by atoms with Crippen molar-refractivity contribution >= 4 is 18.7 Å². The molecular weight excluding hydrogens is 473 g/mol. The zero-order valence-electron chi connectivity index (χ0n) is 21.5. The van der Waals surface area contributed by atoms with E-state index in [1.165, 1.54) is 16.6 Å². The van der Waals surface area contributed by atoms with Gasteiger partial charge in [0.05, 0.1) is 6.61 Å². The van der Waals surface area contributed by atoms with Crippen LogP contribution in [0.15, 0.2) is 79.0 Å². The first kappa shape index (κ1) is 25.2. The monoisotopic (exact) mass is 507 g/mol. The van der Waals surface area contributed by atoms with Crippen LogP contribution in [0.5, 0.6) is 0 Å². The predicted octanol–water partition coefficient (Wildman–Crippen LogP) is 4.76. The van der Waals surface area contributed by atoms with Gasteiger partial charge in [-0.05, 0) is 35.3 Å². The molecule has 5 nitrogen and oxygen atoms in total. The minimum atomic E-state index is -2.77. The molecule has 190 valence electrons. The first-order valence-electron chi connectivity index (χ1n) is 12.5. The van der Waals surface area contributed by atoms with Gasteiger partial charge >= 0.3 is 0 Å². The van der Waals surface area contributed by atoms with Gasteiger partial charge in [-0.15, -0.1) is 0 Å². The topological polar surface area (TPSA) is 49.8 Å². The minimum absolute atomic E-state index is 0.172. The maximum absolute atomic E-state index is 14.7. The maximum atomic E-state index is 14.7. The van der Waals surface area contributed by atoms with E-state index in [0.717, 1.165) is 0 Å². The van der Waals surface area contributed by atoms with E-state index < -0.39 is 38.4 Å². The highest BCUT2D eigenvalue weighted by atomic mass is 28.4. The van der Waals surface area contributed by atoms with Crippen LogP contribution in [0.3, 0.4) is 0 Å². The van der Waals surface area contributed by atoms with Crippen molar-refractivity contribution in [3.8, 4) is 0 Å². The van der Waals surface area contributed by atoms with Crippen molar-refractivity contribution in [2.45, 2.75) is 69.9 Å². The summed E-state index contributed by atoms with van der Waals surface area (Å²) in [5.74, 6) is -1.35. The Morgan fingerprint density at radius 2 is 1.47 bits per heavy atom. The van der Waals surface area contributed by atoms with Gasteiger partial charge < -0.3 is 18.6 Å². The Balaban J connectivity index is 1.51. The van der Waals surface area contributed by atoms with E-state index in [2.05, 4.69) is 74.3 Å². The minimum Gasteiger partial charge on any atom is -0.405 e. The fourth-order valence-electron chi connectivity index (χ4n) is 5.65. The van der Waals surface area contributed by atoms with Gasteiger partial charge in [-0.25, -0.2) is 4.98 Å². The van der Waals surface area contributed by atoms with Crippen LogP contribution in [0.25, 0.3) is 0 Å². The molecule has 0 unspecified atom stereocenters. The quantitative estimate of drug-likeness (QED) is 0.356. The summed E-state index contributed by atoms with van der Waals surface area (Å²) in [4.78, 5) is 3.83. The van der Waals surface area contributed by atoms with Crippen molar-refractivity contribution in [3.05, 3.63) is 90.5 Å². The molecule has 4 atom stereocenters. The zero-order chi connectivity index (χ0) is 25.6. The van der Waals surface area contributed by atoms with Crippen LogP contribution in [0.1, 0.15) is 46.3 Å². The summed E-state index contributed by atoms with van der Waals surface area (Å²) >= 11 is 0. The van der Waals surface area contributed by atoms with E-state index in [0.29, 0.717) is 12.2 Å². The van der Waals surface area contributed by atoms with Crippen molar-refractivity contribution in [2.24, 2.45) is 0 Å². The number of nitrogens with zero attached hydrogens (tertiary/aromatic N) is 1. The summed E-state index contributed by atoms with van der Waals surface area (Å²) < 4.78 is 40.7. The highest BCUT2D eigenvalue weighted by molar-refractivity contribution is 6.99. The second-order valence-electron chi connectivity index (χ2n) is 11.0. The molecule has 3 heterocycles. The van der Waals surface area contributed by atoms with Crippen molar-refractivity contribution in [1.82, 2.24) is 4.98 Å². The molecule has 1 aromatic heterocycles. The fraction of sp³-hybridized carbons (Fsp3) is 0.414. The number of fused-ring (bicyclic) bond motifs is 1. The van der Waals surface area contributed by atoms with Gasteiger partial charge in [-0.3, -0.25) is 0 Å². The zero-order valence-corrected chi connectivity index (χ0v) is 22.5. The molecule has 5 rings (SSSR count). The van der Waals surface area contributed by atoms with Crippen LogP contribution >= 0.6 is 0 Å². The highest BCUT2D eigenvalue weighted by Crippen LogP contribution is 2.46. The van der Waals surface area contributed by atoms with E-state index >= 15 is 0 Å². The molecular formula is C29H34FNO4Si. The number of hydrogen-bond acceptors (Lipinski definition) is 5. The molecule has 0 bridgehead atoms. The molecule has 0 N–H and O–H groups in total. The van der Waals surface area contributed by atoms with E-state index in [1.807, 2.05) is 26.0 Å². The van der Waals surface area contributed by atoms with Gasteiger partial charge in [0.15, 0.2) is 5.79 Å². The smallest absolute Gasteiger partial charge is 0.261 e. The maximum Gasteiger partial charge on any atom is 0.261 e. The lowest BCUT2D eigenvalue weighted by molar-refractivity contribution is -0.190. The second kappa shape index (κ2) is 9.47. The SMILES string of the molecule is CC1(C)O[C@@H]2[C@H](O1)[C@@H](CO[Si](c1ccccc1)(c1ccccc1)C(C)(C)C)O[C@H]2c1cccnc1F. The molecule has 3 aromatic rings. The third kappa shape index (κ3) is 4.44. The van der Waals surface area contributed by atoms with Crippen LogP contribution in [0, 0.1) is 5.95 Å². The lowest BCUT2D eigenvalue weighted by Crippen LogP contribution is -2.67. The fourth-order valence-corrected chi connectivity index (χ4v) is 10.2. The first-order valence-corrected chi connectivity index (χ1v) is 14.4. The average Bonchev–Trinajstić information content (AvgIpc) is 3.33. The van der Waals surface area contributed by atoms with E-state index in [9.17, 15) is 4.39 Å². The van der Waals surface area contributed by atoms with Gasteiger partial charge in [-0.2, -0.15) is 4.39 Å². The second-order valence-corrected chi connectivity index (χ2v) is 15.3. The van der Waals surface area contributed by atoms with Crippen molar-refractivity contribution in [1.29, 1.82) is 0 Å². The largest absolute Gasteiger partial charge is 0.405 e. The van der Waals surface area contributed by atoms with Crippen molar-refractivity contribution < 1.29 is 23.0 Å². The van der Waals surface area contributed by atoms with E-state index in [4.69, 9.17) is 18.6 Å². The molecule has 0 saturated carbocycles. The Labute approximate surface area is 213 Å². The Morgan fingerprint density at radius 3 is 2.03 bits per heavy atom. The van der Waals surface area contributed by atoms with Crippen LogP contribution in [-0.2, 0) is 18.6 Å². The molecule has 2 aliphatic rings. The van der Waals surface area contributed by atoms with E-state index in [1.54, 1.807) is 12.1 Å². The Bertz CT molecular complexity index is 1150. The third-order valence-corrected chi connectivity index (χ3v) is 12.1. The molecule has 2 aromatic carbocycles. The van der Waals surface area contributed by atoms with Crippen LogP contribution in [0.2, 0.25) is 5.04 Å². The number of aromatic nitrogens is 1. The van der Waals surface area contributed by atoms with Gasteiger partial charge in [0.25, 0.3) is 8.32 Å². The summed E-state index contributed by atoms with van der Waals surface area (Å²) in [6.07, 6.45) is -0.458. The highest BCUT2D eigenvalue weighted by Gasteiger charge is 2.57. The normalized spacial score (nSPS) is 25.6. The number of halogens is 1. The van der Waals surface area contributed by atoms with Gasteiger partial charge in [0.2, 0.25) is 5.95 Å². The number of hydrogen-bond donors (Lipinski definition) is 0. The summed E-state index contributed by atoms with van der Waals surface area (Å²) in [6.45, 7) is 10.8. The molecule has 0 amide bonds. The van der Waals surface area contributed by atoms with Gasteiger partial charge in [0, 0.05) is 11.8 Å². The van der Waals surface area contributed by atoms with Crippen LogP contribution < -0.4 is 10.4 Å². The number of benzene rings is 2. The van der Waals surface area contributed by atoms with E-state index in [-0.39, 0.29) is 11.1 Å².